The molecule has 3 aliphatic rings. The van der Waals surface area contributed by atoms with Crippen LogP contribution in [-0.4, -0.2) is 100 Å². The lowest BCUT2D eigenvalue weighted by molar-refractivity contribution is -0.135. The third-order valence-electron chi connectivity index (χ3n) is 8.00. The number of hydrogen-bond acceptors (Lipinski definition) is 7. The van der Waals surface area contributed by atoms with E-state index >= 15 is 0 Å². The van der Waals surface area contributed by atoms with Crippen molar-refractivity contribution in [2.75, 3.05) is 63.8 Å². The number of anilines is 1. The molecule has 9 nitrogen and oxygen atoms in total. The molecule has 5 rings (SSSR count). The van der Waals surface area contributed by atoms with Gasteiger partial charge in [-0.05, 0) is 30.0 Å². The van der Waals surface area contributed by atoms with Crippen LogP contribution < -0.4 is 4.90 Å². The van der Waals surface area contributed by atoms with Gasteiger partial charge in [0.2, 0.25) is 11.8 Å². The largest absolute Gasteiger partial charge is 0.387 e. The highest BCUT2D eigenvalue weighted by Crippen LogP contribution is 2.42. The number of nitrogens with zero attached hydrogens (tertiary/aromatic N) is 6. The molecule has 2 aromatic rings. The van der Waals surface area contributed by atoms with E-state index in [1.54, 1.807) is 6.92 Å². The molecule has 0 saturated carbocycles. The fraction of sp³-hybridized carbons (Fsp3) is 0.556. The SMILES string of the molecule is CC(=O)N1CCN(CC(C(=O)N2CCN(c3ncnc4c3[C@H](C)C[C@H]4O)CC2)c2ccc(Cl)cc2)CC1. The molecule has 10 heteroatoms. The number of amides is 2. The number of carbonyl (C=O) groups is 2. The molecule has 1 aromatic carbocycles. The quantitative estimate of drug-likeness (QED) is 0.639. The Morgan fingerprint density at radius 1 is 1.00 bits per heavy atom. The van der Waals surface area contributed by atoms with Gasteiger partial charge in [-0.15, -0.1) is 0 Å². The van der Waals surface area contributed by atoms with Crippen LogP contribution >= 0.6 is 11.6 Å². The maximum absolute atomic E-state index is 13.9. The number of aromatic nitrogens is 2. The standard InChI is InChI=1S/C27H35ClN6O3/c1-18-15-23(36)25-24(18)26(30-17-29-25)33-11-13-34(14-12-33)27(37)22(20-3-5-21(28)6-4-20)16-31-7-9-32(10-8-31)19(2)35/h3-6,17-18,22-23,36H,7-16H2,1-2H3/t18-,22?,23-/m1/s1. The molecule has 0 spiro atoms. The van der Waals surface area contributed by atoms with Gasteiger partial charge in [0, 0.05) is 76.4 Å². The van der Waals surface area contributed by atoms with Crippen molar-refractivity contribution < 1.29 is 14.7 Å². The minimum absolute atomic E-state index is 0.0982. The summed E-state index contributed by atoms with van der Waals surface area (Å²) in [5, 5.41) is 11.0. The van der Waals surface area contributed by atoms with Crippen LogP contribution in [0.4, 0.5) is 5.82 Å². The number of piperazine rings is 2. The Bertz CT molecular complexity index is 1130. The molecular formula is C27H35ClN6O3. The predicted octanol–water partition coefficient (Wildman–Crippen LogP) is 2.27. The maximum atomic E-state index is 13.9. The number of fused-ring (bicyclic) bond motifs is 1. The molecule has 1 N–H and O–H groups in total. The molecule has 2 fully saturated rings. The van der Waals surface area contributed by atoms with Crippen LogP contribution in [0, 0.1) is 0 Å². The molecule has 2 aliphatic heterocycles. The van der Waals surface area contributed by atoms with E-state index in [0.29, 0.717) is 57.3 Å². The Kier molecular flexibility index (Phi) is 7.65. The third kappa shape index (κ3) is 5.44. The van der Waals surface area contributed by atoms with Crippen molar-refractivity contribution in [2.24, 2.45) is 0 Å². The molecule has 1 unspecified atom stereocenters. The second-order valence-corrected chi connectivity index (χ2v) is 10.8. The van der Waals surface area contributed by atoms with Crippen LogP contribution in [-0.2, 0) is 9.59 Å². The van der Waals surface area contributed by atoms with Crippen LogP contribution in [0.1, 0.15) is 55.0 Å². The number of carbonyl (C=O) groups excluding carboxylic acids is 2. The molecule has 3 heterocycles. The summed E-state index contributed by atoms with van der Waals surface area (Å²) in [6, 6.07) is 7.58. The van der Waals surface area contributed by atoms with Crippen molar-refractivity contribution in [3.63, 3.8) is 0 Å². The molecule has 0 bridgehead atoms. The van der Waals surface area contributed by atoms with Crippen LogP contribution in [0.25, 0.3) is 0 Å². The van der Waals surface area contributed by atoms with Gasteiger partial charge >= 0.3 is 0 Å². The predicted molar refractivity (Wildman–Crippen MR) is 142 cm³/mol. The van der Waals surface area contributed by atoms with E-state index in [2.05, 4.69) is 26.7 Å². The number of aliphatic hydroxyl groups excluding tert-OH is 1. The van der Waals surface area contributed by atoms with E-state index in [1.165, 1.54) is 6.33 Å². The smallest absolute Gasteiger partial charge is 0.231 e. The minimum Gasteiger partial charge on any atom is -0.387 e. The van der Waals surface area contributed by atoms with E-state index in [4.69, 9.17) is 11.6 Å². The second-order valence-electron chi connectivity index (χ2n) is 10.4. The summed E-state index contributed by atoms with van der Waals surface area (Å²) in [5.74, 6) is 1.01. The Balaban J connectivity index is 1.28. The van der Waals surface area contributed by atoms with E-state index in [-0.39, 0.29) is 23.7 Å². The molecule has 3 atom stereocenters. The maximum Gasteiger partial charge on any atom is 0.231 e. The highest BCUT2D eigenvalue weighted by Gasteiger charge is 2.35. The first-order valence-electron chi connectivity index (χ1n) is 13.1. The molecule has 2 amide bonds. The normalized spacial score (nSPS) is 23.2. The van der Waals surface area contributed by atoms with Crippen molar-refractivity contribution in [1.29, 1.82) is 0 Å². The van der Waals surface area contributed by atoms with Gasteiger partial charge in [-0.25, -0.2) is 9.97 Å². The molecular weight excluding hydrogens is 492 g/mol. The topological polar surface area (TPSA) is 93.1 Å². The Morgan fingerprint density at radius 2 is 1.65 bits per heavy atom. The molecule has 1 aromatic heterocycles. The third-order valence-corrected chi connectivity index (χ3v) is 8.25. The van der Waals surface area contributed by atoms with Gasteiger partial charge in [-0.2, -0.15) is 0 Å². The Labute approximate surface area is 223 Å². The van der Waals surface area contributed by atoms with Crippen molar-refractivity contribution in [2.45, 2.75) is 38.2 Å². The summed E-state index contributed by atoms with van der Waals surface area (Å²) >= 11 is 6.14. The van der Waals surface area contributed by atoms with Gasteiger partial charge in [-0.1, -0.05) is 30.7 Å². The summed E-state index contributed by atoms with van der Waals surface area (Å²) in [7, 11) is 0. The number of hydrogen-bond donors (Lipinski definition) is 1. The lowest BCUT2D eigenvalue weighted by Crippen LogP contribution is -2.53. The number of halogens is 1. The molecule has 198 valence electrons. The van der Waals surface area contributed by atoms with E-state index in [9.17, 15) is 14.7 Å². The van der Waals surface area contributed by atoms with Crippen molar-refractivity contribution in [1.82, 2.24) is 24.7 Å². The number of aliphatic hydroxyl groups is 1. The highest BCUT2D eigenvalue weighted by atomic mass is 35.5. The average Bonchev–Trinajstić information content (AvgIpc) is 3.21. The summed E-state index contributed by atoms with van der Waals surface area (Å²) < 4.78 is 0. The van der Waals surface area contributed by atoms with Crippen molar-refractivity contribution in [3.05, 3.63) is 52.4 Å². The fourth-order valence-corrected chi connectivity index (χ4v) is 5.96. The highest BCUT2D eigenvalue weighted by molar-refractivity contribution is 6.30. The van der Waals surface area contributed by atoms with Gasteiger partial charge in [0.05, 0.1) is 17.7 Å². The van der Waals surface area contributed by atoms with E-state index in [1.807, 2.05) is 34.1 Å². The number of benzene rings is 1. The second kappa shape index (κ2) is 10.9. The van der Waals surface area contributed by atoms with Gasteiger partial charge in [0.25, 0.3) is 0 Å². The first-order chi connectivity index (χ1) is 17.8. The minimum atomic E-state index is -0.535. The molecule has 0 radical (unpaired) electrons. The number of rotatable bonds is 5. The molecule has 1 aliphatic carbocycles. The Hall–Kier alpha value is -2.75. The lowest BCUT2D eigenvalue weighted by atomic mass is 9.96. The van der Waals surface area contributed by atoms with Gasteiger partial charge in [0.15, 0.2) is 0 Å². The van der Waals surface area contributed by atoms with Crippen molar-refractivity contribution >= 4 is 29.2 Å². The van der Waals surface area contributed by atoms with Crippen LogP contribution in [0.3, 0.4) is 0 Å². The first kappa shape index (κ1) is 25.9. The van der Waals surface area contributed by atoms with Crippen molar-refractivity contribution in [3.8, 4) is 0 Å². The molecule has 2 saturated heterocycles. The first-order valence-corrected chi connectivity index (χ1v) is 13.5. The summed E-state index contributed by atoms with van der Waals surface area (Å²) in [6.07, 6.45) is 1.67. The van der Waals surface area contributed by atoms with Gasteiger partial charge < -0.3 is 19.8 Å². The lowest BCUT2D eigenvalue weighted by Gasteiger charge is -2.40. The van der Waals surface area contributed by atoms with E-state index in [0.717, 1.165) is 35.7 Å². The zero-order chi connectivity index (χ0) is 26.1. The van der Waals surface area contributed by atoms with E-state index < -0.39 is 6.10 Å². The fourth-order valence-electron chi connectivity index (χ4n) is 5.84. The average molecular weight is 527 g/mol. The van der Waals surface area contributed by atoms with Gasteiger partial charge in [-0.3, -0.25) is 14.5 Å². The zero-order valence-corrected chi connectivity index (χ0v) is 22.3. The monoisotopic (exact) mass is 526 g/mol. The van der Waals surface area contributed by atoms with Crippen LogP contribution in [0.15, 0.2) is 30.6 Å². The summed E-state index contributed by atoms with van der Waals surface area (Å²) in [5.41, 5.74) is 2.74. The Morgan fingerprint density at radius 3 is 2.30 bits per heavy atom. The molecule has 37 heavy (non-hydrogen) atoms. The van der Waals surface area contributed by atoms with Gasteiger partial charge in [0.1, 0.15) is 12.1 Å². The van der Waals surface area contributed by atoms with Crippen LogP contribution in [0.2, 0.25) is 5.02 Å². The van der Waals surface area contributed by atoms with Crippen LogP contribution in [0.5, 0.6) is 0 Å². The zero-order valence-electron chi connectivity index (χ0n) is 21.5. The summed E-state index contributed by atoms with van der Waals surface area (Å²) in [6.45, 7) is 9.79. The summed E-state index contributed by atoms with van der Waals surface area (Å²) in [4.78, 5) is 42.8.